The van der Waals surface area contributed by atoms with Crippen LogP contribution in [0.3, 0.4) is 0 Å². The Morgan fingerprint density at radius 3 is 1.02 bits per heavy atom. The maximum atomic E-state index is 2.56. The van der Waals surface area contributed by atoms with Crippen molar-refractivity contribution in [3.8, 4) is 22.3 Å². The lowest BCUT2D eigenvalue weighted by Gasteiger charge is -2.34. The maximum absolute atomic E-state index is 2.56. The molecule has 0 N–H and O–H groups in total. The normalized spacial score (nSPS) is 13.0. The highest BCUT2D eigenvalue weighted by atomic mass is 15.2. The number of rotatable bonds is 8. The van der Waals surface area contributed by atoms with Gasteiger partial charge in [0.05, 0.1) is 16.8 Å². The van der Waals surface area contributed by atoms with Crippen LogP contribution in [0.1, 0.15) is 72.9 Å². The van der Waals surface area contributed by atoms with Crippen LogP contribution in [0.5, 0.6) is 0 Å². The Labute approximate surface area is 382 Å². The van der Waals surface area contributed by atoms with Gasteiger partial charge in [0.15, 0.2) is 0 Å². The molecule has 2 aliphatic carbocycles. The van der Waals surface area contributed by atoms with Crippen molar-refractivity contribution in [1.82, 2.24) is 0 Å². The molecular weight excluding hydrogens is 785 g/mol. The van der Waals surface area contributed by atoms with Crippen molar-refractivity contribution in [3.05, 3.63) is 252 Å². The molecule has 12 rings (SSSR count). The van der Waals surface area contributed by atoms with E-state index < -0.39 is 5.41 Å². The van der Waals surface area contributed by atoms with Crippen LogP contribution in [-0.2, 0) is 5.41 Å². The monoisotopic (exact) mass is 834 g/mol. The molecule has 65 heavy (non-hydrogen) atoms. The summed E-state index contributed by atoms with van der Waals surface area (Å²) in [5, 5.41) is 4.94. The lowest BCUT2D eigenvalue weighted by Crippen LogP contribution is -2.26. The Morgan fingerprint density at radius 1 is 0.308 bits per heavy atom. The summed E-state index contributed by atoms with van der Waals surface area (Å²) in [5.74, 6) is 0.876. The van der Waals surface area contributed by atoms with Crippen molar-refractivity contribution in [2.24, 2.45) is 0 Å². The third-order valence-electron chi connectivity index (χ3n) is 14.2. The van der Waals surface area contributed by atoms with Gasteiger partial charge < -0.3 is 9.80 Å². The molecule has 0 unspecified atom stereocenters. The van der Waals surface area contributed by atoms with E-state index in [9.17, 15) is 0 Å². The summed E-state index contributed by atoms with van der Waals surface area (Å²) >= 11 is 0. The van der Waals surface area contributed by atoms with Gasteiger partial charge in [0.1, 0.15) is 0 Å². The molecule has 2 heteroatoms. The molecule has 0 fully saturated rings. The molecule has 0 aromatic heterocycles. The third kappa shape index (κ3) is 5.87. The van der Waals surface area contributed by atoms with E-state index in [4.69, 9.17) is 0 Å². The van der Waals surface area contributed by atoms with E-state index in [1.165, 1.54) is 77.2 Å². The lowest BCUT2D eigenvalue weighted by molar-refractivity contribution is 0.795. The fourth-order valence-electron chi connectivity index (χ4n) is 11.2. The Hall–Kier alpha value is -7.68. The van der Waals surface area contributed by atoms with Crippen LogP contribution in [-0.4, -0.2) is 0 Å². The van der Waals surface area contributed by atoms with Crippen LogP contribution in [0.25, 0.3) is 43.8 Å². The fraction of sp³-hybridized carbons (Fsp3) is 0.111. The van der Waals surface area contributed by atoms with Gasteiger partial charge >= 0.3 is 0 Å². The number of para-hydroxylation sites is 2. The van der Waals surface area contributed by atoms with Crippen LogP contribution in [0.2, 0.25) is 0 Å². The largest absolute Gasteiger partial charge is 0.310 e. The average molecular weight is 835 g/mol. The summed E-state index contributed by atoms with van der Waals surface area (Å²) in [7, 11) is 0. The maximum Gasteiger partial charge on any atom is 0.0727 e. The molecule has 0 saturated heterocycles. The molecule has 0 heterocycles. The van der Waals surface area contributed by atoms with E-state index in [0.717, 1.165) is 34.1 Å². The van der Waals surface area contributed by atoms with E-state index in [2.05, 4.69) is 256 Å². The second-order valence-corrected chi connectivity index (χ2v) is 18.4. The van der Waals surface area contributed by atoms with Crippen molar-refractivity contribution < 1.29 is 0 Å². The predicted octanol–water partition coefficient (Wildman–Crippen LogP) is 17.5. The standard InChI is InChI=1S/C63H50N2/c1-41(2)43-31-35-47(36-32-43)64(45-19-7-5-8-20-45)59-39-57-61(53-27-13-11-25-51(53)59)62-54-28-14-12-26-52(54)60(65(46-21-9-6-10-22-46)48-37-33-44(34-38-48)42(3)4)40-58(62)63(57)55-29-17-15-23-49(55)50-24-16-18-30-56(50)63/h5-42H,1-4H3. The zero-order valence-electron chi connectivity index (χ0n) is 37.3. The molecule has 0 aliphatic heterocycles. The molecular formula is C63H50N2. The summed E-state index contributed by atoms with van der Waals surface area (Å²) in [4.78, 5) is 4.97. The van der Waals surface area contributed by atoms with Gasteiger partial charge in [-0.2, -0.15) is 0 Å². The second-order valence-electron chi connectivity index (χ2n) is 18.4. The molecule has 0 amide bonds. The van der Waals surface area contributed by atoms with Gasteiger partial charge in [0.25, 0.3) is 0 Å². The number of nitrogens with zero attached hydrogens (tertiary/aromatic N) is 2. The van der Waals surface area contributed by atoms with Crippen LogP contribution in [0.4, 0.5) is 34.1 Å². The highest BCUT2D eigenvalue weighted by molar-refractivity contribution is 6.19. The molecule has 312 valence electrons. The predicted molar refractivity (Wildman–Crippen MR) is 275 cm³/mol. The van der Waals surface area contributed by atoms with Crippen molar-refractivity contribution in [1.29, 1.82) is 0 Å². The van der Waals surface area contributed by atoms with Crippen molar-refractivity contribution in [3.63, 3.8) is 0 Å². The molecule has 0 radical (unpaired) electrons. The van der Waals surface area contributed by atoms with Gasteiger partial charge in [-0.05, 0) is 139 Å². The molecule has 1 spiro atoms. The topological polar surface area (TPSA) is 6.48 Å². The van der Waals surface area contributed by atoms with Crippen LogP contribution >= 0.6 is 0 Å². The highest BCUT2D eigenvalue weighted by Crippen LogP contribution is 2.67. The highest BCUT2D eigenvalue weighted by Gasteiger charge is 2.53. The Kier molecular flexibility index (Phi) is 9.14. The summed E-state index contributed by atoms with van der Waals surface area (Å²) in [6, 6.07) is 82.0. The minimum Gasteiger partial charge on any atom is -0.310 e. The zero-order chi connectivity index (χ0) is 43.8. The van der Waals surface area contributed by atoms with E-state index >= 15 is 0 Å². The molecule has 2 aliphatic rings. The molecule has 2 nitrogen and oxygen atoms in total. The van der Waals surface area contributed by atoms with Gasteiger partial charge in [0.2, 0.25) is 0 Å². The molecule has 10 aromatic carbocycles. The summed E-state index contributed by atoms with van der Waals surface area (Å²) in [5.41, 5.74) is 19.4. The quantitative estimate of drug-likeness (QED) is 0.150. The Morgan fingerprint density at radius 2 is 0.631 bits per heavy atom. The SMILES string of the molecule is CC(C)c1ccc(N(c2ccccc2)c2cc3c(c4ccccc24)-c2c(cc(N(c4ccccc4)c4ccc(C(C)C)cc4)c4ccccc24)C32c3ccccc3-c3ccccc32)cc1. The number of anilines is 6. The van der Waals surface area contributed by atoms with E-state index in [-0.39, 0.29) is 0 Å². The minimum absolute atomic E-state index is 0.438. The lowest BCUT2D eigenvalue weighted by atomic mass is 9.70. The molecule has 0 bridgehead atoms. The smallest absolute Gasteiger partial charge is 0.0727 e. The molecule has 10 aromatic rings. The number of fused-ring (bicyclic) bond motifs is 14. The fourth-order valence-corrected chi connectivity index (χ4v) is 11.2. The zero-order valence-corrected chi connectivity index (χ0v) is 37.3. The first kappa shape index (κ1) is 39.0. The van der Waals surface area contributed by atoms with Gasteiger partial charge in [-0.3, -0.25) is 0 Å². The van der Waals surface area contributed by atoms with Gasteiger partial charge in [-0.1, -0.05) is 185 Å². The average Bonchev–Trinajstić information content (AvgIpc) is 3.83. The Balaban J connectivity index is 1.23. The molecule has 0 saturated carbocycles. The number of benzene rings is 10. The van der Waals surface area contributed by atoms with Crippen molar-refractivity contribution in [2.75, 3.05) is 9.80 Å². The molecule has 0 atom stereocenters. The summed E-state index contributed by atoms with van der Waals surface area (Å²) in [6.07, 6.45) is 0. The second kappa shape index (κ2) is 15.2. The van der Waals surface area contributed by atoms with Gasteiger partial charge in [0, 0.05) is 33.5 Å². The minimum atomic E-state index is -0.622. The summed E-state index contributed by atoms with van der Waals surface area (Å²) in [6.45, 7) is 9.07. The first-order valence-electron chi connectivity index (χ1n) is 23.2. The third-order valence-corrected chi connectivity index (χ3v) is 14.2. The first-order chi connectivity index (χ1) is 31.9. The van der Waals surface area contributed by atoms with Crippen molar-refractivity contribution in [2.45, 2.75) is 44.9 Å². The van der Waals surface area contributed by atoms with Gasteiger partial charge in [-0.15, -0.1) is 0 Å². The van der Waals surface area contributed by atoms with E-state index in [1.807, 2.05) is 0 Å². The van der Waals surface area contributed by atoms with Crippen molar-refractivity contribution >= 4 is 55.7 Å². The van der Waals surface area contributed by atoms with E-state index in [1.54, 1.807) is 0 Å². The number of hydrogen-bond acceptors (Lipinski definition) is 2. The van der Waals surface area contributed by atoms with Crippen LogP contribution in [0.15, 0.2) is 218 Å². The Bertz CT molecular complexity index is 3190. The summed E-state index contributed by atoms with van der Waals surface area (Å²) < 4.78 is 0. The van der Waals surface area contributed by atoms with Gasteiger partial charge in [-0.25, -0.2) is 0 Å². The first-order valence-corrected chi connectivity index (χ1v) is 23.2. The van der Waals surface area contributed by atoms with Crippen LogP contribution < -0.4 is 9.80 Å². The van der Waals surface area contributed by atoms with Crippen LogP contribution in [0, 0.1) is 0 Å². The number of hydrogen-bond donors (Lipinski definition) is 0. The van der Waals surface area contributed by atoms with E-state index in [0.29, 0.717) is 11.8 Å².